The first-order valence-corrected chi connectivity index (χ1v) is 7.09. The van der Waals surface area contributed by atoms with Crippen LogP contribution >= 0.6 is 11.3 Å². The molecule has 0 radical (unpaired) electrons. The van der Waals surface area contributed by atoms with E-state index in [0.717, 1.165) is 36.0 Å². The fourth-order valence-corrected chi connectivity index (χ4v) is 2.42. The zero-order valence-corrected chi connectivity index (χ0v) is 12.1. The van der Waals surface area contributed by atoms with Gasteiger partial charge in [-0.2, -0.15) is 0 Å². The highest BCUT2D eigenvalue weighted by atomic mass is 32.1. The number of nitrogens with two attached hydrogens (primary N) is 1. The van der Waals surface area contributed by atoms with Crippen molar-refractivity contribution in [2.75, 3.05) is 22.9 Å². The average Bonchev–Trinajstić information content (AvgIpc) is 2.76. The summed E-state index contributed by atoms with van der Waals surface area (Å²) in [7, 11) is 0. The van der Waals surface area contributed by atoms with Crippen molar-refractivity contribution < 1.29 is 13.6 Å². The Labute approximate surface area is 124 Å². The molecule has 1 heterocycles. The molecule has 0 atom stereocenters. The topological polar surface area (TPSA) is 80.0 Å². The van der Waals surface area contributed by atoms with Gasteiger partial charge in [0, 0.05) is 18.3 Å². The van der Waals surface area contributed by atoms with Crippen LogP contribution in [0.3, 0.4) is 0 Å². The van der Waals surface area contributed by atoms with Crippen LogP contribution in [0.15, 0.2) is 18.2 Å². The summed E-state index contributed by atoms with van der Waals surface area (Å²) in [5, 5.41) is 5.95. The van der Waals surface area contributed by atoms with Crippen LogP contribution in [0.5, 0.6) is 0 Å². The molecule has 0 fully saturated rings. The van der Waals surface area contributed by atoms with Crippen molar-refractivity contribution in [1.82, 2.24) is 4.98 Å². The number of thiazole rings is 1. The summed E-state index contributed by atoms with van der Waals surface area (Å²) in [6.07, 6.45) is 0.906. The number of carbonyl (C=O) groups excluding carboxylic acids is 1. The molecule has 0 unspecified atom stereocenters. The Balaban J connectivity index is 2.14. The number of benzene rings is 1. The van der Waals surface area contributed by atoms with Gasteiger partial charge in [-0.25, -0.2) is 13.8 Å². The number of amides is 1. The standard InChI is InChI=1S/C13H14F2N4OS/c1-2-3-17-13-19-11(16)10(21-13)12(20)18-9-5-7(14)4-8(15)6-9/h4-6H,2-3,16H2,1H3,(H,17,19)(H,18,20). The van der Waals surface area contributed by atoms with Crippen LogP contribution in [-0.2, 0) is 0 Å². The van der Waals surface area contributed by atoms with Gasteiger partial charge in [0.05, 0.1) is 0 Å². The third-order valence-electron chi connectivity index (χ3n) is 2.51. The van der Waals surface area contributed by atoms with Crippen LogP contribution in [0, 0.1) is 11.6 Å². The van der Waals surface area contributed by atoms with Gasteiger partial charge < -0.3 is 16.4 Å². The van der Waals surface area contributed by atoms with E-state index in [0.29, 0.717) is 11.7 Å². The summed E-state index contributed by atoms with van der Waals surface area (Å²) < 4.78 is 26.1. The molecule has 1 aromatic carbocycles. The molecule has 0 spiro atoms. The third kappa shape index (κ3) is 3.88. The second kappa shape index (κ2) is 6.49. The Morgan fingerprint density at radius 1 is 1.33 bits per heavy atom. The van der Waals surface area contributed by atoms with Gasteiger partial charge >= 0.3 is 0 Å². The zero-order chi connectivity index (χ0) is 15.4. The summed E-state index contributed by atoms with van der Waals surface area (Å²) in [4.78, 5) is 16.3. The number of nitrogens with zero attached hydrogens (tertiary/aromatic N) is 1. The molecule has 21 heavy (non-hydrogen) atoms. The summed E-state index contributed by atoms with van der Waals surface area (Å²) in [5.74, 6) is -2.02. The van der Waals surface area contributed by atoms with Crippen molar-refractivity contribution in [2.45, 2.75) is 13.3 Å². The maximum atomic E-state index is 13.1. The van der Waals surface area contributed by atoms with E-state index in [1.54, 1.807) is 0 Å². The van der Waals surface area contributed by atoms with Crippen molar-refractivity contribution in [3.05, 3.63) is 34.7 Å². The Morgan fingerprint density at radius 3 is 2.62 bits per heavy atom. The number of nitrogens with one attached hydrogen (secondary N) is 2. The number of halogens is 2. The molecular weight excluding hydrogens is 298 g/mol. The van der Waals surface area contributed by atoms with Gasteiger partial charge in [0.1, 0.15) is 22.3 Å². The van der Waals surface area contributed by atoms with E-state index in [1.165, 1.54) is 0 Å². The van der Waals surface area contributed by atoms with E-state index in [4.69, 9.17) is 5.73 Å². The summed E-state index contributed by atoms with van der Waals surface area (Å²) in [6, 6.07) is 2.77. The molecule has 2 aromatic rings. The molecule has 5 nitrogen and oxygen atoms in total. The van der Waals surface area contributed by atoms with Crippen molar-refractivity contribution >= 4 is 33.9 Å². The number of carbonyl (C=O) groups is 1. The van der Waals surface area contributed by atoms with Crippen molar-refractivity contribution in [3.63, 3.8) is 0 Å². The molecule has 0 aliphatic carbocycles. The highest BCUT2D eigenvalue weighted by Crippen LogP contribution is 2.26. The van der Waals surface area contributed by atoms with Crippen LogP contribution in [-0.4, -0.2) is 17.4 Å². The van der Waals surface area contributed by atoms with E-state index in [2.05, 4.69) is 15.6 Å². The van der Waals surface area contributed by atoms with Gasteiger partial charge in [-0.15, -0.1) is 0 Å². The van der Waals surface area contributed by atoms with Crippen LogP contribution in [0.25, 0.3) is 0 Å². The van der Waals surface area contributed by atoms with E-state index in [9.17, 15) is 13.6 Å². The monoisotopic (exact) mass is 312 g/mol. The van der Waals surface area contributed by atoms with E-state index in [-0.39, 0.29) is 16.4 Å². The van der Waals surface area contributed by atoms with E-state index < -0.39 is 17.5 Å². The normalized spacial score (nSPS) is 10.4. The molecule has 1 amide bonds. The molecule has 8 heteroatoms. The molecule has 0 saturated carbocycles. The highest BCUT2D eigenvalue weighted by Gasteiger charge is 2.16. The van der Waals surface area contributed by atoms with Crippen LogP contribution in [0.4, 0.5) is 25.4 Å². The quantitative estimate of drug-likeness (QED) is 0.792. The predicted molar refractivity (Wildman–Crippen MR) is 79.6 cm³/mol. The molecule has 0 saturated heterocycles. The lowest BCUT2D eigenvalue weighted by atomic mass is 10.3. The minimum Gasteiger partial charge on any atom is -0.382 e. The Hall–Kier alpha value is -2.22. The maximum Gasteiger partial charge on any atom is 0.269 e. The van der Waals surface area contributed by atoms with Crippen LogP contribution in [0.1, 0.15) is 23.0 Å². The number of aromatic nitrogens is 1. The van der Waals surface area contributed by atoms with E-state index >= 15 is 0 Å². The molecule has 4 N–H and O–H groups in total. The molecule has 112 valence electrons. The number of nitrogen functional groups attached to an aromatic ring is 1. The number of hydrogen-bond donors (Lipinski definition) is 3. The van der Waals surface area contributed by atoms with Gasteiger partial charge in [0.2, 0.25) is 0 Å². The molecule has 0 aliphatic rings. The van der Waals surface area contributed by atoms with Crippen molar-refractivity contribution in [3.8, 4) is 0 Å². The average molecular weight is 312 g/mol. The predicted octanol–water partition coefficient (Wildman–Crippen LogP) is 3.08. The summed E-state index contributed by atoms with van der Waals surface area (Å²) >= 11 is 1.09. The summed E-state index contributed by atoms with van der Waals surface area (Å²) in [6.45, 7) is 2.71. The van der Waals surface area contributed by atoms with Crippen molar-refractivity contribution in [2.24, 2.45) is 0 Å². The largest absolute Gasteiger partial charge is 0.382 e. The fourth-order valence-electron chi connectivity index (χ4n) is 1.62. The molecule has 1 aromatic heterocycles. The van der Waals surface area contributed by atoms with Crippen molar-refractivity contribution in [1.29, 1.82) is 0 Å². The van der Waals surface area contributed by atoms with E-state index in [1.807, 2.05) is 6.92 Å². The zero-order valence-electron chi connectivity index (χ0n) is 11.2. The van der Waals surface area contributed by atoms with Crippen LogP contribution in [0.2, 0.25) is 0 Å². The molecule has 2 rings (SSSR count). The molecule has 0 aliphatic heterocycles. The Morgan fingerprint density at radius 2 is 2.00 bits per heavy atom. The second-order valence-corrected chi connectivity index (χ2v) is 5.27. The third-order valence-corrected chi connectivity index (χ3v) is 3.53. The minimum atomic E-state index is -0.770. The number of rotatable bonds is 5. The Kier molecular flexibility index (Phi) is 4.69. The lowest BCUT2D eigenvalue weighted by molar-refractivity contribution is 0.103. The smallest absolute Gasteiger partial charge is 0.269 e. The first-order valence-electron chi connectivity index (χ1n) is 6.27. The first-order chi connectivity index (χ1) is 9.99. The number of anilines is 3. The first kappa shape index (κ1) is 15.2. The summed E-state index contributed by atoms with van der Waals surface area (Å²) in [5.41, 5.74) is 5.70. The fraction of sp³-hybridized carbons (Fsp3) is 0.231. The maximum absolute atomic E-state index is 13.1. The van der Waals surface area contributed by atoms with Gasteiger partial charge in [0.15, 0.2) is 5.13 Å². The van der Waals surface area contributed by atoms with Gasteiger partial charge in [-0.3, -0.25) is 4.79 Å². The van der Waals surface area contributed by atoms with Gasteiger partial charge in [-0.05, 0) is 18.6 Å². The molecular formula is C13H14F2N4OS. The minimum absolute atomic E-state index is 0.0216. The lowest BCUT2D eigenvalue weighted by Crippen LogP contribution is -2.12. The van der Waals surface area contributed by atoms with Gasteiger partial charge in [-0.1, -0.05) is 18.3 Å². The second-order valence-electron chi connectivity index (χ2n) is 4.27. The lowest BCUT2D eigenvalue weighted by Gasteiger charge is -2.04. The van der Waals surface area contributed by atoms with Gasteiger partial charge in [0.25, 0.3) is 5.91 Å². The Bertz CT molecular complexity index is 639. The highest BCUT2D eigenvalue weighted by molar-refractivity contribution is 7.18. The SMILES string of the molecule is CCCNc1nc(N)c(C(=O)Nc2cc(F)cc(F)c2)s1. The number of hydrogen-bond acceptors (Lipinski definition) is 5. The van der Waals surface area contributed by atoms with Crippen LogP contribution < -0.4 is 16.4 Å². The molecule has 0 bridgehead atoms.